The molecule has 0 saturated heterocycles. The van der Waals surface area contributed by atoms with Gasteiger partial charge >= 0.3 is 6.09 Å². The Morgan fingerprint density at radius 2 is 1.64 bits per heavy atom. The third-order valence-electron chi connectivity index (χ3n) is 0.607. The van der Waals surface area contributed by atoms with Crippen molar-refractivity contribution in [2.24, 2.45) is 5.73 Å². The molecule has 0 aliphatic rings. The maximum atomic E-state index is 8.78. The molecule has 0 spiro atoms. The smallest absolute Gasteiger partial charge is 0.402 e. The minimum atomic E-state index is -1.33. The van der Waals surface area contributed by atoms with Gasteiger partial charge in [-0.15, -0.1) is 0 Å². The first kappa shape index (κ1) is 12.6. The van der Waals surface area contributed by atoms with E-state index in [1.165, 1.54) is 0 Å². The van der Waals surface area contributed by atoms with E-state index in [0.717, 1.165) is 0 Å². The molecule has 64 valence electrons. The van der Waals surface area contributed by atoms with Crippen LogP contribution in [0, 0.1) is 6.07 Å². The first-order valence-corrected chi connectivity index (χ1v) is 2.63. The molecule has 0 aromatic heterocycles. The molecule has 1 aromatic rings. The molecule has 0 aliphatic carbocycles. The molecule has 0 fully saturated rings. The van der Waals surface area contributed by atoms with Crippen molar-refractivity contribution in [1.82, 2.24) is 0 Å². The molecule has 0 saturated carbocycles. The summed E-state index contributed by atoms with van der Waals surface area (Å²) in [6, 6.07) is 12.5. The van der Waals surface area contributed by atoms with Gasteiger partial charge in [0.25, 0.3) is 0 Å². The molecule has 11 heavy (non-hydrogen) atoms. The van der Waals surface area contributed by atoms with Gasteiger partial charge in [-0.05, 0) is 0 Å². The predicted octanol–water partition coefficient (Wildman–Crippen LogP) is 1.11. The van der Waals surface area contributed by atoms with E-state index in [9.17, 15) is 0 Å². The van der Waals surface area contributed by atoms with Crippen LogP contribution in [0.1, 0.15) is 0 Å². The van der Waals surface area contributed by atoms with Gasteiger partial charge in [0, 0.05) is 16.5 Å². The van der Waals surface area contributed by atoms with E-state index in [0.29, 0.717) is 0 Å². The molecule has 3 nitrogen and oxygen atoms in total. The van der Waals surface area contributed by atoms with Crippen LogP contribution in [0.3, 0.4) is 0 Å². The van der Waals surface area contributed by atoms with Crippen LogP contribution >= 0.6 is 0 Å². The number of nitrogens with two attached hydrogens (primary N) is 1. The van der Waals surface area contributed by atoms with Gasteiger partial charge in [-0.2, -0.15) is 36.4 Å². The van der Waals surface area contributed by atoms with Crippen molar-refractivity contribution in [2.75, 3.05) is 0 Å². The van der Waals surface area contributed by atoms with Crippen LogP contribution in [0.5, 0.6) is 0 Å². The molecule has 4 heteroatoms. The average molecular weight is 197 g/mol. The van der Waals surface area contributed by atoms with Crippen molar-refractivity contribution < 1.29 is 26.4 Å². The topological polar surface area (TPSA) is 63.3 Å². The molecule has 1 aromatic carbocycles. The number of rotatable bonds is 0. The van der Waals surface area contributed by atoms with Gasteiger partial charge in [-0.3, -0.25) is 0 Å². The van der Waals surface area contributed by atoms with E-state index in [-0.39, 0.29) is 16.5 Å². The zero-order chi connectivity index (χ0) is 7.82. The Balaban J connectivity index is 0. The Bertz CT molecular complexity index is 148. The molecule has 0 bridgehead atoms. The van der Waals surface area contributed by atoms with Gasteiger partial charge in [-0.1, -0.05) is 0 Å². The molecule has 0 aliphatic heterocycles. The average Bonchev–Trinajstić information content (AvgIpc) is 1.90. The van der Waals surface area contributed by atoms with Crippen molar-refractivity contribution >= 4 is 6.09 Å². The van der Waals surface area contributed by atoms with E-state index < -0.39 is 6.09 Å². The third-order valence-corrected chi connectivity index (χ3v) is 0.607. The Morgan fingerprint density at radius 1 is 1.27 bits per heavy atom. The molecule has 1 amide bonds. The molecule has 0 heterocycles. The number of hydrogen-bond donors (Lipinski definition) is 2. The van der Waals surface area contributed by atoms with Crippen LogP contribution in [0.25, 0.3) is 0 Å². The number of carbonyl (C=O) groups is 1. The minimum Gasteiger partial charge on any atom is -0.465 e. The summed E-state index contributed by atoms with van der Waals surface area (Å²) in [5, 5.41) is 7.19. The van der Waals surface area contributed by atoms with Crippen molar-refractivity contribution in [3.63, 3.8) is 0 Å². The third kappa shape index (κ3) is 17.6. The van der Waals surface area contributed by atoms with E-state index in [2.05, 4.69) is 11.8 Å². The van der Waals surface area contributed by atoms with Gasteiger partial charge in [0.1, 0.15) is 0 Å². The molecular formula is C7H8NNiO2-. The standard InChI is InChI=1S/C6H5.CH3NO2.Ni/c1-2-4-6-5-3-1;2-1(3)4;/h1-5H;2H2,(H,3,4);/q-1;;. The van der Waals surface area contributed by atoms with Gasteiger partial charge in [0.2, 0.25) is 0 Å². The summed E-state index contributed by atoms with van der Waals surface area (Å²) in [6.45, 7) is 0. The number of hydrogen-bond acceptors (Lipinski definition) is 1. The van der Waals surface area contributed by atoms with Crippen LogP contribution in [-0.2, 0) is 16.5 Å². The van der Waals surface area contributed by atoms with Crippen LogP contribution in [0.4, 0.5) is 4.79 Å². The first-order valence-electron chi connectivity index (χ1n) is 2.63. The summed E-state index contributed by atoms with van der Waals surface area (Å²) < 4.78 is 0. The summed E-state index contributed by atoms with van der Waals surface area (Å²) in [6.07, 6.45) is -1.33. The second-order valence-electron chi connectivity index (χ2n) is 1.42. The Labute approximate surface area is 75.1 Å². The van der Waals surface area contributed by atoms with Crippen LogP contribution in [-0.4, -0.2) is 11.2 Å². The second kappa shape index (κ2) is 8.98. The van der Waals surface area contributed by atoms with Crippen LogP contribution in [0.15, 0.2) is 30.3 Å². The van der Waals surface area contributed by atoms with E-state index in [1.54, 1.807) is 0 Å². The molecule has 3 N–H and O–H groups in total. The van der Waals surface area contributed by atoms with E-state index in [1.807, 2.05) is 30.3 Å². The second-order valence-corrected chi connectivity index (χ2v) is 1.42. The summed E-state index contributed by atoms with van der Waals surface area (Å²) in [4.78, 5) is 8.78. The maximum Gasteiger partial charge on any atom is 0.402 e. The van der Waals surface area contributed by atoms with Crippen molar-refractivity contribution in [3.05, 3.63) is 36.4 Å². The Hall–Kier alpha value is -1.02. The van der Waals surface area contributed by atoms with E-state index in [4.69, 9.17) is 9.90 Å². The first-order chi connectivity index (χ1) is 4.73. The number of primary amides is 1. The van der Waals surface area contributed by atoms with Gasteiger partial charge < -0.3 is 10.8 Å². The largest absolute Gasteiger partial charge is 0.465 e. The zero-order valence-corrected chi connectivity index (χ0v) is 6.62. The van der Waals surface area contributed by atoms with E-state index >= 15 is 0 Å². The fourth-order valence-electron chi connectivity index (χ4n) is 0.342. The van der Waals surface area contributed by atoms with Crippen LogP contribution in [0.2, 0.25) is 0 Å². The Kier molecular flexibility index (Phi) is 10.3. The normalized spacial score (nSPS) is 6.55. The monoisotopic (exact) mass is 196 g/mol. The molecule has 1 rings (SSSR count). The molecule has 0 radical (unpaired) electrons. The molecule has 0 unspecified atom stereocenters. The minimum absolute atomic E-state index is 0. The predicted molar refractivity (Wildman–Crippen MR) is 37.5 cm³/mol. The zero-order valence-electron chi connectivity index (χ0n) is 5.64. The maximum absolute atomic E-state index is 8.78. The fourth-order valence-corrected chi connectivity index (χ4v) is 0.342. The van der Waals surface area contributed by atoms with Crippen LogP contribution < -0.4 is 5.73 Å². The summed E-state index contributed by atoms with van der Waals surface area (Å²) in [5.74, 6) is 0. The van der Waals surface area contributed by atoms with Crippen molar-refractivity contribution in [1.29, 1.82) is 0 Å². The number of carboxylic acid groups (broad SMARTS) is 1. The van der Waals surface area contributed by atoms with Crippen molar-refractivity contribution in [2.45, 2.75) is 0 Å². The quantitative estimate of drug-likeness (QED) is 0.483. The summed E-state index contributed by atoms with van der Waals surface area (Å²) >= 11 is 0. The fraction of sp³-hybridized carbons (Fsp3) is 0. The summed E-state index contributed by atoms with van der Waals surface area (Å²) in [5.41, 5.74) is 4.03. The molecular weight excluding hydrogens is 189 g/mol. The van der Waals surface area contributed by atoms with Gasteiger partial charge in [-0.25, -0.2) is 4.79 Å². The Morgan fingerprint density at radius 3 is 1.73 bits per heavy atom. The SMILES string of the molecule is NC(=O)O.[Ni].[c-]1ccccc1. The molecule has 0 atom stereocenters. The van der Waals surface area contributed by atoms with Gasteiger partial charge in [0.15, 0.2) is 0 Å². The van der Waals surface area contributed by atoms with Crippen molar-refractivity contribution in [3.8, 4) is 0 Å². The number of benzene rings is 1. The van der Waals surface area contributed by atoms with Gasteiger partial charge in [0.05, 0.1) is 0 Å². The summed E-state index contributed by atoms with van der Waals surface area (Å²) in [7, 11) is 0. The number of amides is 1.